The number of anilines is 3. The van der Waals surface area contributed by atoms with Crippen LogP contribution in [-0.2, 0) is 0 Å². The SMILES string of the molecule is Nc1oc2cccnc2c1C(=O)Nc1cnccc1N1CC(N)C(O)C(C(F)(F)F)C1. The van der Waals surface area contributed by atoms with Crippen LogP contribution in [0.1, 0.15) is 10.4 Å². The van der Waals surface area contributed by atoms with E-state index in [-0.39, 0.29) is 34.9 Å². The highest BCUT2D eigenvalue weighted by Gasteiger charge is 2.50. The second-order valence-electron chi connectivity index (χ2n) is 7.25. The summed E-state index contributed by atoms with van der Waals surface area (Å²) in [6, 6.07) is 3.55. The maximum Gasteiger partial charge on any atom is 0.396 e. The summed E-state index contributed by atoms with van der Waals surface area (Å²) in [6.07, 6.45) is -2.20. The fourth-order valence-corrected chi connectivity index (χ4v) is 3.68. The van der Waals surface area contributed by atoms with E-state index in [0.717, 1.165) is 0 Å². The number of carbonyl (C=O) groups excluding carboxylic acids is 1. The number of amides is 1. The molecule has 9 nitrogen and oxygen atoms in total. The predicted molar refractivity (Wildman–Crippen MR) is 106 cm³/mol. The van der Waals surface area contributed by atoms with Crippen LogP contribution in [0.2, 0.25) is 0 Å². The molecule has 0 saturated carbocycles. The van der Waals surface area contributed by atoms with Crippen LogP contribution in [0.4, 0.5) is 30.4 Å². The number of halogens is 3. The lowest BCUT2D eigenvalue weighted by atomic mass is 9.90. The Bertz CT molecular complexity index is 1120. The summed E-state index contributed by atoms with van der Waals surface area (Å²) in [6.45, 7) is -0.567. The van der Waals surface area contributed by atoms with Crippen molar-refractivity contribution in [1.82, 2.24) is 9.97 Å². The Labute approximate surface area is 173 Å². The molecule has 1 amide bonds. The number of rotatable bonds is 3. The van der Waals surface area contributed by atoms with Gasteiger partial charge in [-0.1, -0.05) is 0 Å². The minimum absolute atomic E-state index is 0.00402. The van der Waals surface area contributed by atoms with Crippen molar-refractivity contribution >= 4 is 34.3 Å². The number of nitrogens with two attached hydrogens (primary N) is 2. The molecule has 12 heteroatoms. The molecule has 4 rings (SSSR count). The molecule has 1 aliphatic rings. The summed E-state index contributed by atoms with van der Waals surface area (Å²) in [5.41, 5.74) is 12.6. The number of aromatic nitrogens is 2. The number of nitrogen functional groups attached to an aromatic ring is 1. The molecular weight excluding hydrogens is 417 g/mol. The van der Waals surface area contributed by atoms with E-state index in [9.17, 15) is 23.1 Å². The molecule has 6 N–H and O–H groups in total. The molecule has 1 aliphatic heterocycles. The van der Waals surface area contributed by atoms with Crippen molar-refractivity contribution in [3.8, 4) is 0 Å². The molecule has 3 aromatic heterocycles. The molecule has 0 bridgehead atoms. The van der Waals surface area contributed by atoms with Gasteiger partial charge in [-0.3, -0.25) is 14.8 Å². The number of aliphatic hydroxyl groups is 1. The van der Waals surface area contributed by atoms with Crippen LogP contribution in [0.5, 0.6) is 0 Å². The lowest BCUT2D eigenvalue weighted by Gasteiger charge is -2.42. The van der Waals surface area contributed by atoms with E-state index in [4.69, 9.17) is 15.9 Å². The van der Waals surface area contributed by atoms with E-state index in [1.54, 1.807) is 12.1 Å². The van der Waals surface area contributed by atoms with E-state index < -0.39 is 36.7 Å². The zero-order valence-electron chi connectivity index (χ0n) is 16.0. The Hall–Kier alpha value is -3.38. The van der Waals surface area contributed by atoms with Crippen LogP contribution < -0.4 is 21.7 Å². The van der Waals surface area contributed by atoms with Gasteiger partial charge in [0.05, 0.1) is 29.6 Å². The molecule has 1 fully saturated rings. The number of pyridine rings is 2. The monoisotopic (exact) mass is 436 g/mol. The second kappa shape index (κ2) is 7.71. The van der Waals surface area contributed by atoms with Gasteiger partial charge < -0.3 is 31.2 Å². The predicted octanol–water partition coefficient (Wildman–Crippen LogP) is 1.74. The molecule has 0 radical (unpaired) electrons. The number of aliphatic hydroxyl groups excluding tert-OH is 1. The summed E-state index contributed by atoms with van der Waals surface area (Å²) in [7, 11) is 0. The summed E-state index contributed by atoms with van der Waals surface area (Å²) >= 11 is 0. The first kappa shape index (κ1) is 20.9. The fourth-order valence-electron chi connectivity index (χ4n) is 3.68. The number of hydrogen-bond acceptors (Lipinski definition) is 8. The first-order valence-corrected chi connectivity index (χ1v) is 9.30. The number of piperidine rings is 1. The Morgan fingerprint density at radius 2 is 2.06 bits per heavy atom. The quantitative estimate of drug-likeness (QED) is 0.486. The van der Waals surface area contributed by atoms with Crippen molar-refractivity contribution in [2.24, 2.45) is 11.7 Å². The van der Waals surface area contributed by atoms with Crippen molar-refractivity contribution in [1.29, 1.82) is 0 Å². The lowest BCUT2D eigenvalue weighted by Crippen LogP contribution is -2.60. The lowest BCUT2D eigenvalue weighted by molar-refractivity contribution is -0.203. The van der Waals surface area contributed by atoms with Crippen molar-refractivity contribution in [3.63, 3.8) is 0 Å². The average molecular weight is 436 g/mol. The Balaban J connectivity index is 1.65. The molecule has 31 heavy (non-hydrogen) atoms. The summed E-state index contributed by atoms with van der Waals surface area (Å²) < 4.78 is 45.5. The van der Waals surface area contributed by atoms with Crippen LogP contribution in [-0.4, -0.2) is 52.4 Å². The van der Waals surface area contributed by atoms with Crippen LogP contribution in [0.25, 0.3) is 11.1 Å². The molecule has 164 valence electrons. The smallest absolute Gasteiger partial charge is 0.396 e. The van der Waals surface area contributed by atoms with Gasteiger partial charge in [-0.25, -0.2) is 0 Å². The number of furan rings is 1. The van der Waals surface area contributed by atoms with Crippen molar-refractivity contribution in [3.05, 3.63) is 42.4 Å². The highest BCUT2D eigenvalue weighted by Crippen LogP contribution is 2.37. The summed E-state index contributed by atoms with van der Waals surface area (Å²) in [4.78, 5) is 22.3. The molecule has 3 unspecified atom stereocenters. The summed E-state index contributed by atoms with van der Waals surface area (Å²) in [5.74, 6) is -2.83. The van der Waals surface area contributed by atoms with Crippen LogP contribution in [0, 0.1) is 5.92 Å². The van der Waals surface area contributed by atoms with Gasteiger partial charge in [-0.05, 0) is 18.2 Å². The van der Waals surface area contributed by atoms with Crippen molar-refractivity contribution < 1.29 is 27.5 Å². The molecular formula is C19H19F3N6O3. The third kappa shape index (κ3) is 3.86. The van der Waals surface area contributed by atoms with Gasteiger partial charge in [-0.15, -0.1) is 0 Å². The third-order valence-corrected chi connectivity index (χ3v) is 5.21. The number of nitrogens with zero attached hydrogens (tertiary/aromatic N) is 3. The van der Waals surface area contributed by atoms with Gasteiger partial charge >= 0.3 is 6.18 Å². The van der Waals surface area contributed by atoms with E-state index in [2.05, 4.69) is 15.3 Å². The minimum atomic E-state index is -4.64. The minimum Gasteiger partial charge on any atom is -0.438 e. The zero-order chi connectivity index (χ0) is 22.3. The standard InChI is InChI=1S/C19H19F3N6O3/c20-19(21,22)9-7-28(8-10(23)16(9)29)12-3-5-25-6-11(12)27-18(30)14-15-13(31-17(14)24)2-1-4-26-15/h1-6,9-10,16,29H,7-8,23-24H2,(H,27,30). The van der Waals surface area contributed by atoms with Gasteiger partial charge in [0.25, 0.3) is 5.91 Å². The van der Waals surface area contributed by atoms with Gasteiger partial charge in [-0.2, -0.15) is 13.2 Å². The summed E-state index contributed by atoms with van der Waals surface area (Å²) in [5, 5.41) is 12.5. The van der Waals surface area contributed by atoms with Crippen LogP contribution >= 0.6 is 0 Å². The average Bonchev–Trinajstić information content (AvgIpc) is 3.05. The first-order valence-electron chi connectivity index (χ1n) is 9.30. The first-order chi connectivity index (χ1) is 14.7. The highest BCUT2D eigenvalue weighted by atomic mass is 19.4. The van der Waals surface area contributed by atoms with Gasteiger partial charge in [0, 0.05) is 31.5 Å². The topological polar surface area (TPSA) is 144 Å². The molecule has 0 spiro atoms. The van der Waals surface area contributed by atoms with E-state index in [0.29, 0.717) is 5.58 Å². The third-order valence-electron chi connectivity index (χ3n) is 5.21. The molecule has 4 heterocycles. The fraction of sp³-hybridized carbons (Fsp3) is 0.316. The van der Waals surface area contributed by atoms with E-state index in [1.807, 2.05) is 0 Å². The van der Waals surface area contributed by atoms with Crippen molar-refractivity contribution in [2.75, 3.05) is 29.0 Å². The van der Waals surface area contributed by atoms with Crippen molar-refractivity contribution in [2.45, 2.75) is 18.3 Å². The van der Waals surface area contributed by atoms with Gasteiger partial charge in [0.1, 0.15) is 11.1 Å². The second-order valence-corrected chi connectivity index (χ2v) is 7.25. The molecule has 3 atom stereocenters. The van der Waals surface area contributed by atoms with E-state index >= 15 is 0 Å². The van der Waals surface area contributed by atoms with E-state index in [1.165, 1.54) is 29.6 Å². The maximum atomic E-state index is 13.4. The van der Waals surface area contributed by atoms with Gasteiger partial charge in [0.15, 0.2) is 5.58 Å². The normalized spacial score (nSPS) is 22.0. The zero-order valence-corrected chi connectivity index (χ0v) is 16.0. The number of carbonyl (C=O) groups is 1. The molecule has 0 aromatic carbocycles. The number of alkyl halides is 3. The molecule has 0 aliphatic carbocycles. The Kier molecular flexibility index (Phi) is 5.19. The number of hydrogen-bond donors (Lipinski definition) is 4. The molecule has 3 aromatic rings. The number of nitrogens with one attached hydrogen (secondary N) is 1. The van der Waals surface area contributed by atoms with Gasteiger partial charge in [0.2, 0.25) is 5.88 Å². The molecule has 1 saturated heterocycles. The maximum absolute atomic E-state index is 13.4. The Morgan fingerprint density at radius 1 is 1.29 bits per heavy atom. The number of fused-ring (bicyclic) bond motifs is 1. The van der Waals surface area contributed by atoms with Crippen LogP contribution in [0.3, 0.4) is 0 Å². The Morgan fingerprint density at radius 3 is 2.81 bits per heavy atom. The largest absolute Gasteiger partial charge is 0.438 e. The highest BCUT2D eigenvalue weighted by molar-refractivity contribution is 6.15. The van der Waals surface area contributed by atoms with Crippen LogP contribution in [0.15, 0.2) is 41.2 Å².